The average molecular weight is 1110 g/mol. The molecule has 412 valence electrons. The van der Waals surface area contributed by atoms with Crippen molar-refractivity contribution >= 4 is 83.0 Å². The minimum absolute atomic E-state index is 0. The molecule has 0 fully saturated rings. The molecule has 8 rings (SSSR count). The van der Waals surface area contributed by atoms with Gasteiger partial charge in [-0.1, -0.05) is 28.2 Å². The van der Waals surface area contributed by atoms with E-state index in [1.807, 2.05) is 62.9 Å². The summed E-state index contributed by atoms with van der Waals surface area (Å²) in [6.45, 7) is 8.91. The first-order chi connectivity index (χ1) is 34.7. The van der Waals surface area contributed by atoms with Gasteiger partial charge in [0.05, 0.1) is 34.0 Å². The summed E-state index contributed by atoms with van der Waals surface area (Å²) >= 11 is 0. The van der Waals surface area contributed by atoms with Crippen LogP contribution in [0.1, 0.15) is 90.0 Å². The van der Waals surface area contributed by atoms with Gasteiger partial charge in [0.2, 0.25) is 0 Å². The molecule has 8 N–H and O–H groups in total. The lowest BCUT2D eigenvalue weighted by Crippen LogP contribution is -2.18. The number of aryl methyl sites for hydroxylation is 4. The van der Waals surface area contributed by atoms with E-state index in [1.54, 1.807) is 69.3 Å². The first kappa shape index (κ1) is 61.6. The van der Waals surface area contributed by atoms with Crippen LogP contribution in [0.25, 0.3) is 43.6 Å². The Morgan fingerprint density at radius 1 is 0.440 bits per heavy atom. The largest absolute Gasteiger partial charge is 0.508 e. The lowest BCUT2D eigenvalue weighted by molar-refractivity contribution is 0.475. The van der Waals surface area contributed by atoms with Crippen LogP contribution in [0.3, 0.4) is 0 Å². The highest BCUT2D eigenvalue weighted by Crippen LogP contribution is 2.27. The van der Waals surface area contributed by atoms with Crippen LogP contribution in [0, 0.1) is 5.92 Å². The van der Waals surface area contributed by atoms with Crippen molar-refractivity contribution in [2.75, 3.05) is 40.8 Å². The SMILES string of the molecule is C.CC(C)CS(=O)(=O)CCCc1c[nH]c2ccc(O)cc12.CC(C)S(=O)(=O)CCCc1c[nH]c2ccc(O)cc12.CCS(=O)(=O)CCCc1c[nH]c2ccc(O)cc12.CS(=O)(=O)CCCc1c[nH]c2ccc(O)cc12. The molecule has 0 aliphatic carbocycles. The van der Waals surface area contributed by atoms with Gasteiger partial charge in [0.15, 0.2) is 19.7 Å². The minimum Gasteiger partial charge on any atom is -0.508 e. The summed E-state index contributed by atoms with van der Waals surface area (Å²) in [5.41, 5.74) is 8.02. The highest BCUT2D eigenvalue weighted by Gasteiger charge is 2.17. The summed E-state index contributed by atoms with van der Waals surface area (Å²) in [5, 5.41) is 41.4. The van der Waals surface area contributed by atoms with Crippen LogP contribution in [-0.4, -0.2) is 120 Å². The van der Waals surface area contributed by atoms with Gasteiger partial charge >= 0.3 is 0 Å². The third-order valence-corrected chi connectivity index (χ3v) is 19.6. The molecule has 0 spiro atoms. The number of aromatic nitrogens is 4. The number of benzene rings is 4. The van der Waals surface area contributed by atoms with Gasteiger partial charge in [-0.15, -0.1) is 0 Å². The average Bonchev–Trinajstić information content (AvgIpc) is 4.12. The van der Waals surface area contributed by atoms with Gasteiger partial charge in [-0.25, -0.2) is 33.7 Å². The number of aromatic hydroxyl groups is 4. The second-order valence-electron chi connectivity index (χ2n) is 19.4. The number of sulfone groups is 4. The number of phenols is 4. The predicted octanol–water partition coefficient (Wildman–Crippen LogP) is 10.2. The van der Waals surface area contributed by atoms with E-state index in [2.05, 4.69) is 19.9 Å². The molecular weight excluding hydrogens is 1040 g/mol. The van der Waals surface area contributed by atoms with E-state index >= 15 is 0 Å². The van der Waals surface area contributed by atoms with Crippen LogP contribution in [0.4, 0.5) is 0 Å². The molecule has 20 heteroatoms. The molecule has 75 heavy (non-hydrogen) atoms. The van der Waals surface area contributed by atoms with Crippen molar-refractivity contribution in [1.82, 2.24) is 19.9 Å². The number of H-pyrrole nitrogens is 4. The number of hydrogen-bond acceptors (Lipinski definition) is 12. The lowest BCUT2D eigenvalue weighted by Gasteiger charge is -2.06. The molecule has 4 aromatic carbocycles. The number of aromatic amines is 4. The van der Waals surface area contributed by atoms with Crippen LogP contribution in [0.15, 0.2) is 97.6 Å². The molecule has 16 nitrogen and oxygen atoms in total. The van der Waals surface area contributed by atoms with Crippen molar-refractivity contribution in [2.24, 2.45) is 5.92 Å². The van der Waals surface area contributed by atoms with Gasteiger partial charge in [-0.2, -0.15) is 0 Å². The second-order valence-corrected chi connectivity index (χ2v) is 29.0. The van der Waals surface area contributed by atoms with Crippen LogP contribution in [0.5, 0.6) is 23.0 Å². The van der Waals surface area contributed by atoms with Gasteiger partial charge in [0.25, 0.3) is 0 Å². The normalized spacial score (nSPS) is 12.1. The molecule has 0 saturated carbocycles. The van der Waals surface area contributed by atoms with E-state index in [4.69, 9.17) is 0 Å². The fraction of sp³-hybridized carbons (Fsp3) is 0.418. The quantitative estimate of drug-likeness (QED) is 0.0354. The number of hydrogen-bond donors (Lipinski definition) is 8. The van der Waals surface area contributed by atoms with E-state index in [9.17, 15) is 54.1 Å². The third-order valence-electron chi connectivity index (χ3n) is 12.4. The minimum atomic E-state index is -2.97. The maximum absolute atomic E-state index is 11.8. The van der Waals surface area contributed by atoms with Crippen LogP contribution in [-0.2, 0) is 65.0 Å². The summed E-state index contributed by atoms with van der Waals surface area (Å²) in [5.74, 6) is 2.36. The second kappa shape index (κ2) is 27.2. The van der Waals surface area contributed by atoms with Crippen molar-refractivity contribution < 1.29 is 54.1 Å². The zero-order valence-corrected chi connectivity index (χ0v) is 46.2. The predicted molar refractivity (Wildman–Crippen MR) is 306 cm³/mol. The lowest BCUT2D eigenvalue weighted by atomic mass is 10.1. The van der Waals surface area contributed by atoms with E-state index in [0.717, 1.165) is 65.9 Å². The molecule has 0 aliphatic heterocycles. The Kier molecular flexibility index (Phi) is 22.3. The fourth-order valence-corrected chi connectivity index (χ4v) is 12.7. The highest BCUT2D eigenvalue weighted by molar-refractivity contribution is 7.92. The smallest absolute Gasteiger partial charge is 0.152 e. The topological polar surface area (TPSA) is 281 Å². The maximum atomic E-state index is 11.8. The van der Waals surface area contributed by atoms with Crippen molar-refractivity contribution in [3.63, 3.8) is 0 Å². The van der Waals surface area contributed by atoms with Gasteiger partial charge < -0.3 is 40.4 Å². The summed E-state index contributed by atoms with van der Waals surface area (Å²) < 4.78 is 92.0. The molecule has 0 radical (unpaired) electrons. The zero-order chi connectivity index (χ0) is 54.4. The fourth-order valence-electron chi connectivity index (χ4n) is 8.42. The molecule has 0 bridgehead atoms. The highest BCUT2D eigenvalue weighted by atomic mass is 32.2. The van der Waals surface area contributed by atoms with Crippen molar-refractivity contribution in [1.29, 1.82) is 0 Å². The molecule has 0 unspecified atom stereocenters. The Morgan fingerprint density at radius 3 is 1.01 bits per heavy atom. The van der Waals surface area contributed by atoms with E-state index in [1.165, 1.54) is 6.26 Å². The van der Waals surface area contributed by atoms with Crippen molar-refractivity contribution in [3.8, 4) is 23.0 Å². The number of rotatable bonds is 20. The molecule has 0 amide bonds. The van der Waals surface area contributed by atoms with Crippen LogP contribution in [0.2, 0.25) is 0 Å². The van der Waals surface area contributed by atoms with E-state index in [-0.39, 0.29) is 76.1 Å². The van der Waals surface area contributed by atoms with Gasteiger partial charge in [0, 0.05) is 80.4 Å². The summed E-state index contributed by atoms with van der Waals surface area (Å²) in [6.07, 6.45) is 13.9. The van der Waals surface area contributed by atoms with Crippen LogP contribution >= 0.6 is 0 Å². The van der Waals surface area contributed by atoms with E-state index in [0.29, 0.717) is 51.4 Å². The Hall–Kier alpha value is -5.96. The van der Waals surface area contributed by atoms with Gasteiger partial charge in [-0.3, -0.25) is 0 Å². The molecule has 0 saturated heterocycles. The summed E-state index contributed by atoms with van der Waals surface area (Å²) in [4.78, 5) is 12.5. The number of phenolic OH excluding ortho intramolecular Hbond substituents is 4. The maximum Gasteiger partial charge on any atom is 0.152 e. The Balaban J connectivity index is 0.000000216. The number of nitrogens with one attached hydrogen (secondary N) is 4. The first-order valence-corrected chi connectivity index (χ1v) is 32.1. The molecule has 4 aromatic heterocycles. The Bertz CT molecular complexity index is 3570. The molecule has 4 heterocycles. The Labute approximate surface area is 442 Å². The van der Waals surface area contributed by atoms with Crippen molar-refractivity contribution in [3.05, 3.63) is 120 Å². The van der Waals surface area contributed by atoms with Crippen LogP contribution < -0.4 is 0 Å². The van der Waals surface area contributed by atoms with Gasteiger partial charge in [-0.05, 0) is 166 Å². The zero-order valence-electron chi connectivity index (χ0n) is 43.0. The monoisotopic (exact) mass is 1110 g/mol. The summed E-state index contributed by atoms with van der Waals surface area (Å²) in [7, 11) is -11.7. The third kappa shape index (κ3) is 19.3. The number of fused-ring (bicyclic) bond motifs is 4. The molecule has 0 aliphatic rings. The molecule has 0 atom stereocenters. The van der Waals surface area contributed by atoms with E-state index < -0.39 is 39.3 Å². The molecular formula is C55H76N4O12S4. The first-order valence-electron chi connectivity index (χ1n) is 24.7. The van der Waals surface area contributed by atoms with Crippen molar-refractivity contribution in [2.45, 2.75) is 98.7 Å². The summed E-state index contributed by atoms with van der Waals surface area (Å²) in [6, 6.07) is 20.6. The molecule has 8 aromatic rings. The standard InChI is InChI=1S/C15H21NO3S.C14H19NO3S.C13H17NO3S.C12H15NO3S.CH4/c1-11(2)10-20(18,19)7-3-4-12-9-16-15-6-5-13(17)8-14(12)15;1-10(2)19(17,18)7-3-4-11-9-15-14-6-5-12(16)8-13(11)14;1-2-18(16,17)7-3-4-10-9-14-13-6-5-11(15)8-12(10)13;1-17(15,16)6-2-3-9-8-13-12-5-4-10(14)7-11(9)12;/h5-6,8-9,11,16-17H,3-4,7,10H2,1-2H3;5-6,8-10,15-16H,3-4,7H2,1-2H3;5-6,8-9,14-15H,2-4,7H2,1H3;4-5,7-8,13-14H,2-3,6H2,1H3;1H4. The Morgan fingerprint density at radius 2 is 0.733 bits per heavy atom. The van der Waals surface area contributed by atoms with Gasteiger partial charge in [0.1, 0.15) is 42.7 Å².